The number of azo groups is 1. The summed E-state index contributed by atoms with van der Waals surface area (Å²) in [5.41, 5.74) is 0.707. The lowest BCUT2D eigenvalue weighted by Gasteiger charge is -2.29. The standard InChI is InChI=1S/C26H47N3O5Si/c1-6-11-13-15-26(30)27-25(20-22-35(32-8-3,33-9-4)34-10-5)29-28-23-16-18-24(19-17-23)31-21-14-12-7-2/h16-19,25H,6-15,20-22H2,1-5H3,(H,27,30). The van der Waals surface area contributed by atoms with E-state index in [-0.39, 0.29) is 5.91 Å². The molecule has 1 atom stereocenters. The molecule has 0 heterocycles. The number of ether oxygens (including phenoxy) is 1. The molecule has 0 aliphatic heterocycles. The van der Waals surface area contributed by atoms with Gasteiger partial charge in [-0.1, -0.05) is 39.5 Å². The average molecular weight is 510 g/mol. The van der Waals surface area contributed by atoms with Crippen molar-refractivity contribution in [2.75, 3.05) is 26.4 Å². The van der Waals surface area contributed by atoms with E-state index in [1.807, 2.05) is 45.0 Å². The number of hydrogen-bond acceptors (Lipinski definition) is 7. The quantitative estimate of drug-likeness (QED) is 0.112. The zero-order chi connectivity index (χ0) is 25.8. The summed E-state index contributed by atoms with van der Waals surface area (Å²) in [6.07, 6.45) is 6.86. The minimum Gasteiger partial charge on any atom is -0.494 e. The van der Waals surface area contributed by atoms with Crippen LogP contribution in [-0.4, -0.2) is 47.3 Å². The summed E-state index contributed by atoms with van der Waals surface area (Å²) in [4.78, 5) is 12.5. The number of rotatable bonds is 21. The highest BCUT2D eigenvalue weighted by atomic mass is 28.4. The molecular formula is C26H47N3O5Si. The van der Waals surface area contributed by atoms with Gasteiger partial charge in [-0.05, 0) is 64.3 Å². The first-order valence-electron chi connectivity index (χ1n) is 13.4. The van der Waals surface area contributed by atoms with Crippen molar-refractivity contribution >= 4 is 20.4 Å². The van der Waals surface area contributed by atoms with Gasteiger partial charge >= 0.3 is 8.80 Å². The van der Waals surface area contributed by atoms with Gasteiger partial charge in [0.15, 0.2) is 0 Å². The van der Waals surface area contributed by atoms with Gasteiger partial charge in [0.1, 0.15) is 11.9 Å². The molecule has 0 saturated carbocycles. The fraction of sp³-hybridized carbons (Fsp3) is 0.731. The van der Waals surface area contributed by atoms with Crippen molar-refractivity contribution in [2.45, 2.75) is 98.2 Å². The van der Waals surface area contributed by atoms with Crippen LogP contribution in [0, 0.1) is 0 Å². The van der Waals surface area contributed by atoms with Crippen LogP contribution in [-0.2, 0) is 18.1 Å². The Bertz CT molecular complexity index is 686. The van der Waals surface area contributed by atoms with E-state index in [4.69, 9.17) is 18.0 Å². The van der Waals surface area contributed by atoms with Crippen molar-refractivity contribution in [2.24, 2.45) is 10.2 Å². The van der Waals surface area contributed by atoms with Crippen molar-refractivity contribution in [3.05, 3.63) is 24.3 Å². The summed E-state index contributed by atoms with van der Waals surface area (Å²) in [7, 11) is -2.84. The van der Waals surface area contributed by atoms with Crippen LogP contribution in [0.1, 0.15) is 86.0 Å². The van der Waals surface area contributed by atoms with Crippen molar-refractivity contribution in [3.8, 4) is 5.75 Å². The molecule has 1 N–H and O–H groups in total. The van der Waals surface area contributed by atoms with Crippen LogP contribution < -0.4 is 10.1 Å². The Morgan fingerprint density at radius 1 is 0.886 bits per heavy atom. The molecule has 0 aromatic heterocycles. The normalized spacial score (nSPS) is 12.7. The molecule has 200 valence electrons. The van der Waals surface area contributed by atoms with Gasteiger partial charge in [0.25, 0.3) is 0 Å². The number of hydrogen-bond donors (Lipinski definition) is 1. The molecule has 0 radical (unpaired) electrons. The summed E-state index contributed by atoms with van der Waals surface area (Å²) < 4.78 is 23.7. The number of nitrogens with zero attached hydrogens (tertiary/aromatic N) is 2. The fourth-order valence-corrected chi connectivity index (χ4v) is 6.18. The van der Waals surface area contributed by atoms with Gasteiger partial charge in [-0.3, -0.25) is 4.79 Å². The number of nitrogens with one attached hydrogen (secondary N) is 1. The van der Waals surface area contributed by atoms with Crippen molar-refractivity contribution in [1.29, 1.82) is 0 Å². The van der Waals surface area contributed by atoms with Gasteiger partial charge in [-0.2, -0.15) is 10.2 Å². The second kappa shape index (κ2) is 19.4. The van der Waals surface area contributed by atoms with Crippen molar-refractivity contribution < 1.29 is 22.8 Å². The van der Waals surface area contributed by atoms with Crippen LogP contribution in [0.2, 0.25) is 6.04 Å². The van der Waals surface area contributed by atoms with E-state index >= 15 is 0 Å². The molecule has 35 heavy (non-hydrogen) atoms. The molecular weight excluding hydrogens is 462 g/mol. The molecule has 9 heteroatoms. The van der Waals surface area contributed by atoms with Crippen molar-refractivity contribution in [1.82, 2.24) is 5.32 Å². The van der Waals surface area contributed by atoms with Crippen LogP contribution in [0.25, 0.3) is 0 Å². The zero-order valence-corrected chi connectivity index (χ0v) is 23.5. The fourth-order valence-electron chi connectivity index (χ4n) is 3.55. The topological polar surface area (TPSA) is 90.7 Å². The molecule has 1 amide bonds. The predicted octanol–water partition coefficient (Wildman–Crippen LogP) is 6.80. The second-order valence-corrected chi connectivity index (χ2v) is 11.1. The van der Waals surface area contributed by atoms with Gasteiger partial charge in [-0.15, -0.1) is 0 Å². The molecule has 0 spiro atoms. The van der Waals surface area contributed by atoms with E-state index in [1.165, 1.54) is 6.42 Å². The number of unbranched alkanes of at least 4 members (excludes halogenated alkanes) is 4. The average Bonchev–Trinajstić information content (AvgIpc) is 2.85. The van der Waals surface area contributed by atoms with Crippen LogP contribution in [0.3, 0.4) is 0 Å². The van der Waals surface area contributed by atoms with Crippen LogP contribution in [0.15, 0.2) is 34.5 Å². The molecule has 0 aliphatic rings. The first kappa shape index (κ1) is 31.2. The van der Waals surface area contributed by atoms with E-state index in [0.717, 1.165) is 37.9 Å². The maximum Gasteiger partial charge on any atom is 0.501 e. The lowest BCUT2D eigenvalue weighted by Crippen LogP contribution is -2.47. The maximum absolute atomic E-state index is 12.5. The minimum atomic E-state index is -2.84. The highest BCUT2D eigenvalue weighted by Gasteiger charge is 2.40. The summed E-state index contributed by atoms with van der Waals surface area (Å²) in [5, 5.41) is 11.9. The summed E-state index contributed by atoms with van der Waals surface area (Å²) >= 11 is 0. The highest BCUT2D eigenvalue weighted by Crippen LogP contribution is 2.22. The van der Waals surface area contributed by atoms with Crippen LogP contribution in [0.5, 0.6) is 5.75 Å². The molecule has 1 rings (SSSR count). The Morgan fingerprint density at radius 3 is 2.06 bits per heavy atom. The Hall–Kier alpha value is -1.81. The largest absolute Gasteiger partial charge is 0.501 e. The van der Waals surface area contributed by atoms with Gasteiger partial charge in [0, 0.05) is 32.3 Å². The maximum atomic E-state index is 12.5. The molecule has 0 aliphatic carbocycles. The van der Waals surface area contributed by atoms with E-state index in [0.29, 0.717) is 51.0 Å². The third-order valence-electron chi connectivity index (χ3n) is 5.32. The second-order valence-electron chi connectivity index (χ2n) is 8.33. The molecule has 0 bridgehead atoms. The Morgan fingerprint density at radius 2 is 1.49 bits per heavy atom. The molecule has 0 saturated heterocycles. The smallest absolute Gasteiger partial charge is 0.494 e. The number of carbonyl (C=O) groups is 1. The lowest BCUT2D eigenvalue weighted by molar-refractivity contribution is -0.121. The van der Waals surface area contributed by atoms with E-state index in [1.54, 1.807) is 0 Å². The first-order chi connectivity index (χ1) is 17.0. The number of amides is 1. The molecule has 1 aromatic rings. The summed E-state index contributed by atoms with van der Waals surface area (Å²) in [5.74, 6) is 0.802. The number of carbonyl (C=O) groups excluding carboxylic acids is 1. The van der Waals surface area contributed by atoms with Crippen molar-refractivity contribution in [3.63, 3.8) is 0 Å². The summed E-state index contributed by atoms with van der Waals surface area (Å²) in [6.45, 7) is 12.3. The molecule has 1 unspecified atom stereocenters. The molecule has 0 fully saturated rings. The predicted molar refractivity (Wildman–Crippen MR) is 142 cm³/mol. The first-order valence-corrected chi connectivity index (χ1v) is 15.3. The van der Waals surface area contributed by atoms with Gasteiger partial charge in [-0.25, -0.2) is 0 Å². The number of benzene rings is 1. The minimum absolute atomic E-state index is 0.0188. The van der Waals surface area contributed by atoms with E-state index in [9.17, 15) is 4.79 Å². The third-order valence-corrected chi connectivity index (χ3v) is 8.40. The Kier molecular flexibility index (Phi) is 17.3. The van der Waals surface area contributed by atoms with Crippen LogP contribution in [0.4, 0.5) is 5.69 Å². The Balaban J connectivity index is 2.86. The summed E-state index contributed by atoms with van der Waals surface area (Å²) in [6, 6.07) is 8.09. The van der Waals surface area contributed by atoms with Gasteiger partial charge in [0.2, 0.25) is 5.91 Å². The third kappa shape index (κ3) is 13.7. The van der Waals surface area contributed by atoms with E-state index < -0.39 is 15.0 Å². The monoisotopic (exact) mass is 509 g/mol. The van der Waals surface area contributed by atoms with Gasteiger partial charge < -0.3 is 23.3 Å². The Labute approximate surface area is 213 Å². The van der Waals surface area contributed by atoms with Crippen LogP contribution >= 0.6 is 0 Å². The molecule has 1 aromatic carbocycles. The van der Waals surface area contributed by atoms with E-state index in [2.05, 4.69) is 29.4 Å². The SMILES string of the molecule is CCCCCOc1ccc(N=NC(CC[Si](OCC)(OCC)OCC)NC(=O)CCCCC)cc1. The lowest BCUT2D eigenvalue weighted by atomic mass is 10.2. The highest BCUT2D eigenvalue weighted by molar-refractivity contribution is 6.60. The zero-order valence-electron chi connectivity index (χ0n) is 22.5. The molecule has 8 nitrogen and oxygen atoms in total. The van der Waals surface area contributed by atoms with Gasteiger partial charge in [0.05, 0.1) is 12.3 Å².